The number of sulfonamides is 1. The molecule has 0 aliphatic heterocycles. The molecule has 0 aliphatic carbocycles. The summed E-state index contributed by atoms with van der Waals surface area (Å²) in [5.74, 6) is 0.425. The highest BCUT2D eigenvalue weighted by Gasteiger charge is 2.30. The van der Waals surface area contributed by atoms with Crippen LogP contribution in [0.25, 0.3) is 0 Å². The third-order valence-corrected chi connectivity index (χ3v) is 4.00. The third kappa shape index (κ3) is 3.82. The van der Waals surface area contributed by atoms with Crippen molar-refractivity contribution in [2.45, 2.75) is 24.7 Å². The number of aromatic amines is 1. The number of rotatable bonds is 4. The standard InChI is InChI=1S/C12H12F3N3O2S/c1-8-16-7-11(18-8)21(19,20)17-6-9-3-2-4-10(5-9)12(13,14)15/h2-5,7,17H,6H2,1H3,(H,16,18). The number of hydrogen-bond acceptors (Lipinski definition) is 3. The molecule has 0 atom stereocenters. The van der Waals surface area contributed by atoms with E-state index < -0.39 is 21.8 Å². The van der Waals surface area contributed by atoms with Crippen molar-refractivity contribution in [2.24, 2.45) is 0 Å². The first-order chi connectivity index (χ1) is 9.68. The fourth-order valence-corrected chi connectivity index (χ4v) is 2.63. The van der Waals surface area contributed by atoms with Crippen LogP contribution >= 0.6 is 0 Å². The molecule has 0 unspecified atom stereocenters. The summed E-state index contributed by atoms with van der Waals surface area (Å²) in [5, 5.41) is -0.132. The first-order valence-corrected chi connectivity index (χ1v) is 7.34. The van der Waals surface area contributed by atoms with E-state index in [9.17, 15) is 21.6 Å². The zero-order valence-electron chi connectivity index (χ0n) is 10.9. The third-order valence-electron chi connectivity index (χ3n) is 2.69. The van der Waals surface area contributed by atoms with Gasteiger partial charge in [0.2, 0.25) is 0 Å². The van der Waals surface area contributed by atoms with Crippen LogP contribution < -0.4 is 4.72 Å². The molecular formula is C12H12F3N3O2S. The Balaban J connectivity index is 2.13. The Hall–Kier alpha value is -1.87. The topological polar surface area (TPSA) is 74.8 Å². The first kappa shape index (κ1) is 15.5. The summed E-state index contributed by atoms with van der Waals surface area (Å²) < 4.78 is 63.7. The summed E-state index contributed by atoms with van der Waals surface area (Å²) in [4.78, 5) is 6.31. The molecule has 0 saturated carbocycles. The molecular weight excluding hydrogens is 307 g/mol. The molecule has 1 heterocycles. The predicted octanol–water partition coefficient (Wildman–Crippen LogP) is 2.22. The van der Waals surface area contributed by atoms with E-state index in [-0.39, 0.29) is 17.1 Å². The van der Waals surface area contributed by atoms with Crippen molar-refractivity contribution in [3.05, 3.63) is 47.4 Å². The molecule has 5 nitrogen and oxygen atoms in total. The molecule has 0 bridgehead atoms. The predicted molar refractivity (Wildman–Crippen MR) is 68.8 cm³/mol. The van der Waals surface area contributed by atoms with Crippen LogP contribution in [0.1, 0.15) is 17.0 Å². The van der Waals surface area contributed by atoms with E-state index in [1.807, 2.05) is 0 Å². The van der Waals surface area contributed by atoms with E-state index in [2.05, 4.69) is 14.7 Å². The second-order valence-corrected chi connectivity index (χ2v) is 6.09. The largest absolute Gasteiger partial charge is 0.416 e. The van der Waals surface area contributed by atoms with Gasteiger partial charge in [0, 0.05) is 6.54 Å². The van der Waals surface area contributed by atoms with Crippen LogP contribution in [-0.2, 0) is 22.7 Å². The first-order valence-electron chi connectivity index (χ1n) is 5.86. The van der Waals surface area contributed by atoms with Crippen molar-refractivity contribution >= 4 is 10.0 Å². The fourth-order valence-electron chi connectivity index (χ4n) is 1.65. The average molecular weight is 319 g/mol. The van der Waals surface area contributed by atoms with Gasteiger partial charge >= 0.3 is 6.18 Å². The Labute approximate surface area is 119 Å². The number of nitrogens with zero attached hydrogens (tertiary/aromatic N) is 1. The number of nitrogens with one attached hydrogen (secondary N) is 2. The number of aromatic nitrogens is 2. The number of alkyl halides is 3. The Morgan fingerprint density at radius 2 is 2.05 bits per heavy atom. The van der Waals surface area contributed by atoms with E-state index >= 15 is 0 Å². The highest BCUT2D eigenvalue weighted by atomic mass is 32.2. The zero-order chi connectivity index (χ0) is 15.7. The van der Waals surface area contributed by atoms with Gasteiger partial charge in [-0.3, -0.25) is 0 Å². The van der Waals surface area contributed by atoms with Gasteiger partial charge in [0.25, 0.3) is 10.0 Å². The summed E-state index contributed by atoms with van der Waals surface area (Å²) in [5.41, 5.74) is -0.610. The summed E-state index contributed by atoms with van der Waals surface area (Å²) >= 11 is 0. The van der Waals surface area contributed by atoms with E-state index in [0.29, 0.717) is 5.82 Å². The summed E-state index contributed by atoms with van der Waals surface area (Å²) in [6, 6.07) is 4.47. The lowest BCUT2D eigenvalue weighted by molar-refractivity contribution is -0.137. The molecule has 2 aromatic rings. The van der Waals surface area contributed by atoms with Crippen LogP contribution in [0, 0.1) is 6.92 Å². The molecule has 0 spiro atoms. The van der Waals surface area contributed by atoms with Crippen molar-refractivity contribution in [1.29, 1.82) is 0 Å². The maximum absolute atomic E-state index is 12.6. The van der Waals surface area contributed by atoms with Gasteiger partial charge in [-0.25, -0.2) is 18.1 Å². The molecule has 0 saturated heterocycles. The highest BCUT2D eigenvalue weighted by Crippen LogP contribution is 2.29. The van der Waals surface area contributed by atoms with Crippen LogP contribution in [-0.4, -0.2) is 18.4 Å². The lowest BCUT2D eigenvalue weighted by atomic mass is 10.1. The van der Waals surface area contributed by atoms with Crippen LogP contribution in [0.5, 0.6) is 0 Å². The van der Waals surface area contributed by atoms with E-state index in [1.54, 1.807) is 6.92 Å². The zero-order valence-corrected chi connectivity index (χ0v) is 11.7. The van der Waals surface area contributed by atoms with Crippen molar-refractivity contribution in [3.63, 3.8) is 0 Å². The van der Waals surface area contributed by atoms with Gasteiger partial charge in [0.15, 0.2) is 5.03 Å². The second kappa shape index (κ2) is 5.49. The Bertz CT molecular complexity index is 738. The van der Waals surface area contributed by atoms with Gasteiger partial charge in [0.05, 0.1) is 11.8 Å². The summed E-state index contributed by atoms with van der Waals surface area (Å²) in [6.45, 7) is 1.34. The van der Waals surface area contributed by atoms with Crippen molar-refractivity contribution in [1.82, 2.24) is 14.7 Å². The molecule has 2 N–H and O–H groups in total. The Morgan fingerprint density at radius 1 is 1.33 bits per heavy atom. The van der Waals surface area contributed by atoms with Gasteiger partial charge < -0.3 is 4.98 Å². The number of benzene rings is 1. The molecule has 9 heteroatoms. The van der Waals surface area contributed by atoms with Gasteiger partial charge in [-0.15, -0.1) is 0 Å². The molecule has 21 heavy (non-hydrogen) atoms. The van der Waals surface area contributed by atoms with Gasteiger partial charge in [-0.05, 0) is 18.6 Å². The Morgan fingerprint density at radius 3 is 2.62 bits per heavy atom. The number of aryl methyl sites for hydroxylation is 1. The van der Waals surface area contributed by atoms with Crippen LogP contribution in [0.2, 0.25) is 0 Å². The minimum atomic E-state index is -4.46. The Kier molecular flexibility index (Phi) is 4.06. The van der Waals surface area contributed by atoms with Crippen LogP contribution in [0.15, 0.2) is 35.5 Å². The monoisotopic (exact) mass is 319 g/mol. The van der Waals surface area contributed by atoms with Crippen molar-refractivity contribution in [2.75, 3.05) is 0 Å². The summed E-state index contributed by atoms with van der Waals surface area (Å²) in [7, 11) is -3.84. The van der Waals surface area contributed by atoms with Gasteiger partial charge in [0.1, 0.15) is 5.82 Å². The molecule has 0 aliphatic rings. The molecule has 114 valence electrons. The quantitative estimate of drug-likeness (QED) is 0.907. The van der Waals surface area contributed by atoms with Crippen molar-refractivity contribution < 1.29 is 21.6 Å². The maximum Gasteiger partial charge on any atom is 0.416 e. The smallest absolute Gasteiger partial charge is 0.332 e. The average Bonchev–Trinajstić information content (AvgIpc) is 2.83. The molecule has 2 rings (SSSR count). The maximum atomic E-state index is 12.6. The van der Waals surface area contributed by atoms with Crippen LogP contribution in [0.4, 0.5) is 13.2 Å². The normalized spacial score (nSPS) is 12.6. The van der Waals surface area contributed by atoms with E-state index in [4.69, 9.17) is 0 Å². The van der Waals surface area contributed by atoms with E-state index in [1.165, 1.54) is 12.1 Å². The number of H-pyrrole nitrogens is 1. The minimum Gasteiger partial charge on any atom is -0.332 e. The second-order valence-electron chi connectivity index (χ2n) is 4.36. The minimum absolute atomic E-state index is 0.132. The SMILES string of the molecule is Cc1ncc(S(=O)(=O)NCc2cccc(C(F)(F)F)c2)[nH]1. The van der Waals surface area contributed by atoms with E-state index in [0.717, 1.165) is 18.3 Å². The molecule has 1 aromatic heterocycles. The lowest BCUT2D eigenvalue weighted by Crippen LogP contribution is -2.23. The van der Waals surface area contributed by atoms with Gasteiger partial charge in [-0.1, -0.05) is 18.2 Å². The van der Waals surface area contributed by atoms with Crippen molar-refractivity contribution in [3.8, 4) is 0 Å². The summed E-state index contributed by atoms with van der Waals surface area (Å²) in [6.07, 6.45) is -3.32. The molecule has 1 aromatic carbocycles. The van der Waals surface area contributed by atoms with Gasteiger partial charge in [-0.2, -0.15) is 13.2 Å². The lowest BCUT2D eigenvalue weighted by Gasteiger charge is -2.09. The molecule has 0 radical (unpaired) electrons. The van der Waals surface area contributed by atoms with Crippen LogP contribution in [0.3, 0.4) is 0 Å². The number of halogens is 3. The number of hydrogen-bond donors (Lipinski definition) is 2. The fraction of sp³-hybridized carbons (Fsp3) is 0.250. The molecule has 0 amide bonds. The number of imidazole rings is 1. The highest BCUT2D eigenvalue weighted by molar-refractivity contribution is 7.89. The molecule has 0 fully saturated rings.